The van der Waals surface area contributed by atoms with Gasteiger partial charge in [0.2, 0.25) is 0 Å². The maximum absolute atomic E-state index is 5.80. The van der Waals surface area contributed by atoms with Gasteiger partial charge in [-0.1, -0.05) is 17.7 Å². The van der Waals surface area contributed by atoms with Gasteiger partial charge in [-0.15, -0.1) is 17.9 Å². The Balaban J connectivity index is 2.92. The van der Waals surface area contributed by atoms with Gasteiger partial charge in [0.15, 0.2) is 0 Å². The summed E-state index contributed by atoms with van der Waals surface area (Å²) in [5.41, 5.74) is 5.65. The minimum absolute atomic E-state index is 0.118. The van der Waals surface area contributed by atoms with E-state index in [0.29, 0.717) is 0 Å². The van der Waals surface area contributed by atoms with Crippen molar-refractivity contribution in [3.8, 4) is 0 Å². The molecule has 0 aliphatic heterocycles. The van der Waals surface area contributed by atoms with Gasteiger partial charge in [0, 0.05) is 4.88 Å². The Bertz CT molecular complexity index is 231. The van der Waals surface area contributed by atoms with Gasteiger partial charge in [0.25, 0.3) is 0 Å². The molecule has 1 aromatic heterocycles. The zero-order valence-corrected chi connectivity index (χ0v) is 6.95. The molecule has 3 heteroatoms. The van der Waals surface area contributed by atoms with Crippen LogP contribution in [0, 0.1) is 0 Å². The first-order valence-corrected chi connectivity index (χ1v) is 4.12. The molecule has 0 bridgehead atoms. The average Bonchev–Trinajstić information content (AvgIpc) is 2.34. The van der Waals surface area contributed by atoms with E-state index < -0.39 is 0 Å². The van der Waals surface area contributed by atoms with Crippen LogP contribution >= 0.6 is 22.9 Å². The lowest BCUT2D eigenvalue weighted by Gasteiger charge is -2.01. The van der Waals surface area contributed by atoms with Gasteiger partial charge in [-0.25, -0.2) is 0 Å². The van der Waals surface area contributed by atoms with Gasteiger partial charge in [0.05, 0.1) is 11.1 Å². The summed E-state index contributed by atoms with van der Waals surface area (Å²) in [6, 6.07) is 1.72. The number of nitrogens with two attached hydrogens (primary N) is 1. The third kappa shape index (κ3) is 1.40. The molecule has 1 rings (SSSR count). The van der Waals surface area contributed by atoms with Crippen LogP contribution < -0.4 is 5.73 Å². The molecule has 0 aromatic carbocycles. The normalized spacial score (nSPS) is 13.0. The van der Waals surface area contributed by atoms with Crippen molar-refractivity contribution in [2.24, 2.45) is 5.73 Å². The molecule has 1 nitrogen and oxygen atoms in total. The van der Waals surface area contributed by atoms with E-state index >= 15 is 0 Å². The largest absolute Gasteiger partial charge is 0.320 e. The molecule has 0 fully saturated rings. The SMILES string of the molecule is C=CC(N)c1sccc1Cl. The Hall–Kier alpha value is -0.310. The second-order valence-corrected chi connectivity index (χ2v) is 3.25. The fourth-order valence-electron chi connectivity index (χ4n) is 0.650. The topological polar surface area (TPSA) is 26.0 Å². The van der Waals surface area contributed by atoms with Gasteiger partial charge in [-0.3, -0.25) is 0 Å². The van der Waals surface area contributed by atoms with Gasteiger partial charge in [-0.2, -0.15) is 0 Å². The standard InChI is InChI=1S/C7H8ClNS/c1-2-6(9)7-5(8)3-4-10-7/h2-4,6H,1,9H2. The molecule has 0 aliphatic rings. The monoisotopic (exact) mass is 173 g/mol. The Morgan fingerprint density at radius 1 is 1.80 bits per heavy atom. The Morgan fingerprint density at radius 3 is 2.90 bits per heavy atom. The van der Waals surface area contributed by atoms with E-state index in [1.165, 1.54) is 0 Å². The van der Waals surface area contributed by atoms with E-state index in [0.717, 1.165) is 9.90 Å². The van der Waals surface area contributed by atoms with Crippen LogP contribution in [0.3, 0.4) is 0 Å². The summed E-state index contributed by atoms with van der Waals surface area (Å²) in [5.74, 6) is 0. The second kappa shape index (κ2) is 3.19. The van der Waals surface area contributed by atoms with Gasteiger partial charge >= 0.3 is 0 Å². The Labute approximate surface area is 69.1 Å². The molecule has 0 amide bonds. The fourth-order valence-corrected chi connectivity index (χ4v) is 1.83. The third-order valence-corrected chi connectivity index (χ3v) is 2.66. The summed E-state index contributed by atoms with van der Waals surface area (Å²) < 4.78 is 0. The highest BCUT2D eigenvalue weighted by atomic mass is 35.5. The van der Waals surface area contributed by atoms with Crippen molar-refractivity contribution >= 4 is 22.9 Å². The predicted molar refractivity (Wildman–Crippen MR) is 46.5 cm³/mol. The minimum Gasteiger partial charge on any atom is -0.320 e. The van der Waals surface area contributed by atoms with Crippen LogP contribution in [0.4, 0.5) is 0 Å². The molecule has 0 saturated heterocycles. The van der Waals surface area contributed by atoms with E-state index in [9.17, 15) is 0 Å². The molecular formula is C7H8ClNS. The smallest absolute Gasteiger partial charge is 0.0588 e. The highest BCUT2D eigenvalue weighted by molar-refractivity contribution is 7.10. The number of hydrogen-bond acceptors (Lipinski definition) is 2. The summed E-state index contributed by atoms with van der Waals surface area (Å²) in [7, 11) is 0. The molecule has 0 aliphatic carbocycles. The maximum atomic E-state index is 5.80. The first kappa shape index (κ1) is 7.79. The van der Waals surface area contributed by atoms with Gasteiger partial charge < -0.3 is 5.73 Å². The van der Waals surface area contributed by atoms with Gasteiger partial charge in [-0.05, 0) is 11.4 Å². The lowest BCUT2D eigenvalue weighted by Crippen LogP contribution is -2.04. The number of rotatable bonds is 2. The van der Waals surface area contributed by atoms with Crippen molar-refractivity contribution in [3.63, 3.8) is 0 Å². The first-order chi connectivity index (χ1) is 4.75. The Morgan fingerprint density at radius 2 is 2.50 bits per heavy atom. The van der Waals surface area contributed by atoms with Gasteiger partial charge in [0.1, 0.15) is 0 Å². The van der Waals surface area contributed by atoms with Crippen LogP contribution in [0.5, 0.6) is 0 Å². The summed E-state index contributed by atoms with van der Waals surface area (Å²) in [6.07, 6.45) is 1.68. The minimum atomic E-state index is -0.118. The molecule has 1 aromatic rings. The number of hydrogen-bond donors (Lipinski definition) is 1. The zero-order valence-electron chi connectivity index (χ0n) is 5.38. The molecule has 10 heavy (non-hydrogen) atoms. The molecule has 0 spiro atoms. The first-order valence-electron chi connectivity index (χ1n) is 2.86. The summed E-state index contributed by atoms with van der Waals surface area (Å²) in [4.78, 5) is 0.983. The Kier molecular flexibility index (Phi) is 2.49. The predicted octanol–water partition coefficient (Wildman–Crippen LogP) is 2.59. The summed E-state index contributed by atoms with van der Waals surface area (Å²) >= 11 is 7.35. The fraction of sp³-hybridized carbons (Fsp3) is 0.143. The summed E-state index contributed by atoms with van der Waals surface area (Å²) in [6.45, 7) is 3.58. The molecule has 1 heterocycles. The quantitative estimate of drug-likeness (QED) is 0.684. The molecule has 2 N–H and O–H groups in total. The van der Waals surface area contributed by atoms with Crippen molar-refractivity contribution in [2.45, 2.75) is 6.04 Å². The average molecular weight is 174 g/mol. The van der Waals surface area contributed by atoms with Crippen LogP contribution in [-0.2, 0) is 0 Å². The van der Waals surface area contributed by atoms with Crippen LogP contribution in [-0.4, -0.2) is 0 Å². The van der Waals surface area contributed by atoms with E-state index in [2.05, 4.69) is 6.58 Å². The number of thiophene rings is 1. The van der Waals surface area contributed by atoms with Crippen molar-refractivity contribution < 1.29 is 0 Å². The molecule has 0 saturated carbocycles. The van der Waals surface area contributed by atoms with Crippen LogP contribution in [0.1, 0.15) is 10.9 Å². The van der Waals surface area contributed by atoms with Crippen molar-refractivity contribution in [3.05, 3.63) is 34.0 Å². The van der Waals surface area contributed by atoms with E-state index in [1.807, 2.05) is 11.4 Å². The second-order valence-electron chi connectivity index (χ2n) is 1.89. The number of halogens is 1. The molecule has 0 radical (unpaired) electrons. The van der Waals surface area contributed by atoms with Crippen molar-refractivity contribution in [1.82, 2.24) is 0 Å². The molecule has 1 unspecified atom stereocenters. The maximum Gasteiger partial charge on any atom is 0.0588 e. The molecule has 54 valence electrons. The molecule has 1 atom stereocenters. The highest BCUT2D eigenvalue weighted by Gasteiger charge is 2.06. The van der Waals surface area contributed by atoms with Crippen LogP contribution in [0.2, 0.25) is 5.02 Å². The van der Waals surface area contributed by atoms with Crippen LogP contribution in [0.15, 0.2) is 24.1 Å². The van der Waals surface area contributed by atoms with Crippen molar-refractivity contribution in [1.29, 1.82) is 0 Å². The van der Waals surface area contributed by atoms with E-state index in [-0.39, 0.29) is 6.04 Å². The third-order valence-electron chi connectivity index (χ3n) is 1.20. The van der Waals surface area contributed by atoms with Crippen molar-refractivity contribution in [2.75, 3.05) is 0 Å². The lowest BCUT2D eigenvalue weighted by molar-refractivity contribution is 0.940. The zero-order chi connectivity index (χ0) is 7.56. The lowest BCUT2D eigenvalue weighted by atomic mass is 10.2. The molecular weight excluding hydrogens is 166 g/mol. The van der Waals surface area contributed by atoms with E-state index in [1.54, 1.807) is 17.4 Å². The highest BCUT2D eigenvalue weighted by Crippen LogP contribution is 2.27. The summed E-state index contributed by atoms with van der Waals surface area (Å²) in [5, 5.41) is 2.65. The van der Waals surface area contributed by atoms with E-state index in [4.69, 9.17) is 17.3 Å². The van der Waals surface area contributed by atoms with Crippen LogP contribution in [0.25, 0.3) is 0 Å².